The van der Waals surface area contributed by atoms with Crippen LogP contribution in [-0.2, 0) is 24.2 Å². The van der Waals surface area contributed by atoms with Gasteiger partial charge in [-0.1, -0.05) is 41.1 Å². The highest BCUT2D eigenvalue weighted by Crippen LogP contribution is 2.31. The number of halogens is 3. The van der Waals surface area contributed by atoms with Crippen LogP contribution in [0.1, 0.15) is 54.7 Å². The van der Waals surface area contributed by atoms with E-state index in [2.05, 4.69) is 15.2 Å². The maximum atomic E-state index is 12.4. The second-order valence-electron chi connectivity index (χ2n) is 9.24. The number of rotatable bonds is 10. The van der Waals surface area contributed by atoms with Gasteiger partial charge in [-0.2, -0.15) is 0 Å². The van der Waals surface area contributed by atoms with E-state index in [1.54, 1.807) is 0 Å². The van der Waals surface area contributed by atoms with E-state index in [1.165, 1.54) is 11.3 Å². The quantitative estimate of drug-likeness (QED) is 0.458. The first-order valence-corrected chi connectivity index (χ1v) is 13.3. The minimum atomic E-state index is -2.48. The summed E-state index contributed by atoms with van der Waals surface area (Å²) in [6, 6.07) is 7.95. The van der Waals surface area contributed by atoms with Crippen molar-refractivity contribution in [3.8, 4) is 5.19 Å². The Morgan fingerprint density at radius 1 is 1.26 bits per heavy atom. The fraction of sp³-hybridized carbons (Fsp3) is 0.600. The number of nitrogens with zero attached hydrogens (tertiary/aromatic N) is 2. The molecule has 1 aliphatic heterocycles. The van der Waals surface area contributed by atoms with E-state index in [0.29, 0.717) is 24.0 Å². The number of nitrogens with one attached hydrogen (secondary N) is 1. The zero-order valence-corrected chi connectivity index (χ0v) is 20.9. The number of hydrogen-bond acceptors (Lipinski definition) is 5. The van der Waals surface area contributed by atoms with Gasteiger partial charge >= 0.3 is 0 Å². The van der Waals surface area contributed by atoms with E-state index in [4.69, 9.17) is 16.3 Å². The molecule has 186 valence electrons. The lowest BCUT2D eigenvalue weighted by molar-refractivity contribution is -0.122. The van der Waals surface area contributed by atoms with Gasteiger partial charge in [0.15, 0.2) is 6.61 Å². The van der Waals surface area contributed by atoms with Crippen molar-refractivity contribution in [2.45, 2.75) is 70.4 Å². The number of amides is 1. The molecular formula is C25H32ClF2N3O2S. The third-order valence-corrected chi connectivity index (χ3v) is 8.20. The molecule has 0 unspecified atom stereocenters. The molecule has 1 amide bonds. The third-order valence-electron chi connectivity index (χ3n) is 6.76. The first-order valence-electron chi connectivity index (χ1n) is 12.1. The molecule has 0 saturated heterocycles. The Morgan fingerprint density at radius 2 is 2.06 bits per heavy atom. The van der Waals surface area contributed by atoms with Gasteiger partial charge in [-0.15, -0.1) is 0 Å². The zero-order valence-electron chi connectivity index (χ0n) is 19.3. The number of hydrogen-bond donors (Lipinski definition) is 1. The summed E-state index contributed by atoms with van der Waals surface area (Å²) in [5, 5.41) is 4.29. The van der Waals surface area contributed by atoms with Crippen molar-refractivity contribution in [3.63, 3.8) is 0 Å². The third kappa shape index (κ3) is 7.36. The Hall–Kier alpha value is -1.77. The molecule has 34 heavy (non-hydrogen) atoms. The second-order valence-corrected chi connectivity index (χ2v) is 10.7. The molecule has 1 N–H and O–H groups in total. The number of carbonyl (C=O) groups is 1. The van der Waals surface area contributed by atoms with Gasteiger partial charge in [0, 0.05) is 35.5 Å². The summed E-state index contributed by atoms with van der Waals surface area (Å²) in [6.07, 6.45) is 5.03. The van der Waals surface area contributed by atoms with E-state index in [0.717, 1.165) is 79.3 Å². The standard InChI is InChI=1S/C25H32ClF2N3O2S/c26-20-4-2-1-3-18(20)7-10-24(32)29-19-8-5-17(6-9-19)11-13-31-14-12-22-21(15-31)30-25(34-22)33-16-23(27)28/h1-4,17,19,23H,5-16H2,(H,29,32). The van der Waals surface area contributed by atoms with Crippen molar-refractivity contribution in [2.75, 3.05) is 19.7 Å². The predicted molar refractivity (Wildman–Crippen MR) is 131 cm³/mol. The number of alkyl halides is 2. The summed E-state index contributed by atoms with van der Waals surface area (Å²) in [4.78, 5) is 20.4. The smallest absolute Gasteiger partial charge is 0.273 e. The number of carbonyl (C=O) groups excluding carboxylic acids is 1. The first-order chi connectivity index (χ1) is 16.5. The van der Waals surface area contributed by atoms with Crippen LogP contribution >= 0.6 is 22.9 Å². The zero-order chi connectivity index (χ0) is 23.9. The SMILES string of the molecule is O=C(CCc1ccccc1Cl)NC1CCC(CCN2CCc3sc(OCC(F)F)nc3C2)CC1. The Kier molecular flexibility index (Phi) is 9.14. The molecule has 1 aliphatic carbocycles. The molecule has 1 aromatic carbocycles. The van der Waals surface area contributed by atoms with Crippen molar-refractivity contribution in [3.05, 3.63) is 45.4 Å². The van der Waals surface area contributed by atoms with Crippen LogP contribution < -0.4 is 10.1 Å². The van der Waals surface area contributed by atoms with Crippen LogP contribution in [0, 0.1) is 5.92 Å². The molecule has 0 radical (unpaired) electrons. The Bertz CT molecular complexity index is 950. The molecule has 2 heterocycles. The van der Waals surface area contributed by atoms with Crippen molar-refractivity contribution in [1.82, 2.24) is 15.2 Å². The molecule has 1 saturated carbocycles. The highest BCUT2D eigenvalue weighted by atomic mass is 35.5. The number of fused-ring (bicyclic) bond motifs is 1. The lowest BCUT2D eigenvalue weighted by Crippen LogP contribution is -2.38. The predicted octanol–water partition coefficient (Wildman–Crippen LogP) is 5.50. The van der Waals surface area contributed by atoms with Crippen LogP contribution in [0.4, 0.5) is 8.78 Å². The molecular weight excluding hydrogens is 480 g/mol. The fourth-order valence-electron chi connectivity index (χ4n) is 4.83. The topological polar surface area (TPSA) is 54.5 Å². The molecule has 0 bridgehead atoms. The van der Waals surface area contributed by atoms with Crippen molar-refractivity contribution in [2.24, 2.45) is 5.92 Å². The van der Waals surface area contributed by atoms with Gasteiger partial charge in [-0.05, 0) is 69.0 Å². The molecule has 2 aliphatic rings. The summed E-state index contributed by atoms with van der Waals surface area (Å²) in [6.45, 7) is 2.16. The number of thiazole rings is 1. The van der Waals surface area contributed by atoms with Crippen LogP contribution in [0.2, 0.25) is 5.02 Å². The van der Waals surface area contributed by atoms with E-state index in [-0.39, 0.29) is 11.9 Å². The average Bonchev–Trinajstić information content (AvgIpc) is 3.24. The molecule has 4 rings (SSSR count). The number of aromatic nitrogens is 1. The maximum Gasteiger partial charge on any atom is 0.273 e. The fourth-order valence-corrected chi connectivity index (χ4v) is 5.97. The van der Waals surface area contributed by atoms with E-state index >= 15 is 0 Å². The molecule has 0 atom stereocenters. The lowest BCUT2D eigenvalue weighted by atomic mass is 9.84. The van der Waals surface area contributed by atoms with Gasteiger partial charge in [0.2, 0.25) is 5.91 Å². The van der Waals surface area contributed by atoms with Crippen LogP contribution in [0.15, 0.2) is 24.3 Å². The largest absolute Gasteiger partial charge is 0.464 e. The van der Waals surface area contributed by atoms with Gasteiger partial charge in [0.1, 0.15) is 0 Å². The first kappa shape index (κ1) is 25.3. The van der Waals surface area contributed by atoms with Crippen molar-refractivity contribution < 1.29 is 18.3 Å². The Labute approximate surface area is 208 Å². The second kappa shape index (κ2) is 12.3. The van der Waals surface area contributed by atoms with Gasteiger partial charge in [-0.25, -0.2) is 13.8 Å². The lowest BCUT2D eigenvalue weighted by Gasteiger charge is -2.32. The van der Waals surface area contributed by atoms with Crippen molar-refractivity contribution >= 4 is 28.8 Å². The minimum absolute atomic E-state index is 0.104. The number of ether oxygens (including phenoxy) is 1. The normalized spacial score (nSPS) is 20.8. The summed E-state index contributed by atoms with van der Waals surface area (Å²) < 4.78 is 29.8. The Balaban J connectivity index is 1.13. The van der Waals surface area contributed by atoms with Crippen molar-refractivity contribution in [1.29, 1.82) is 0 Å². The number of benzene rings is 1. The average molecular weight is 512 g/mol. The minimum Gasteiger partial charge on any atom is -0.464 e. The van der Waals surface area contributed by atoms with E-state index < -0.39 is 13.0 Å². The number of aryl methyl sites for hydroxylation is 1. The maximum absolute atomic E-state index is 12.4. The molecule has 1 aromatic heterocycles. The van der Waals surface area contributed by atoms with Gasteiger partial charge in [0.05, 0.1) is 5.69 Å². The van der Waals surface area contributed by atoms with Gasteiger partial charge in [0.25, 0.3) is 11.6 Å². The highest BCUT2D eigenvalue weighted by Gasteiger charge is 2.25. The van der Waals surface area contributed by atoms with Gasteiger partial charge < -0.3 is 10.1 Å². The summed E-state index contributed by atoms with van der Waals surface area (Å²) in [7, 11) is 0. The van der Waals surface area contributed by atoms with E-state index in [9.17, 15) is 13.6 Å². The Morgan fingerprint density at radius 3 is 2.82 bits per heavy atom. The molecule has 0 spiro atoms. The van der Waals surface area contributed by atoms with Crippen LogP contribution in [0.3, 0.4) is 0 Å². The van der Waals surface area contributed by atoms with Crippen LogP contribution in [-0.4, -0.2) is 48.0 Å². The molecule has 5 nitrogen and oxygen atoms in total. The molecule has 2 aromatic rings. The van der Waals surface area contributed by atoms with Crippen LogP contribution in [0.25, 0.3) is 0 Å². The van der Waals surface area contributed by atoms with Gasteiger partial charge in [-0.3, -0.25) is 9.69 Å². The summed E-state index contributed by atoms with van der Waals surface area (Å²) in [5.41, 5.74) is 1.99. The monoisotopic (exact) mass is 511 g/mol. The summed E-state index contributed by atoms with van der Waals surface area (Å²) in [5.74, 6) is 0.783. The highest BCUT2D eigenvalue weighted by molar-refractivity contribution is 7.13. The van der Waals surface area contributed by atoms with Crippen LogP contribution in [0.5, 0.6) is 5.19 Å². The molecule has 1 fully saturated rings. The summed E-state index contributed by atoms with van der Waals surface area (Å²) >= 11 is 7.58. The molecule has 9 heteroatoms. The van der Waals surface area contributed by atoms with E-state index in [1.807, 2.05) is 24.3 Å².